The van der Waals surface area contributed by atoms with Gasteiger partial charge in [0.05, 0.1) is 0 Å². The summed E-state index contributed by atoms with van der Waals surface area (Å²) < 4.78 is 5.40. The molecule has 0 heterocycles. The van der Waals surface area contributed by atoms with E-state index in [0.717, 1.165) is 13.0 Å². The highest BCUT2D eigenvalue weighted by Crippen LogP contribution is 2.02. The van der Waals surface area contributed by atoms with Gasteiger partial charge < -0.3 is 4.74 Å². The minimum Gasteiger partial charge on any atom is -0.364 e. The van der Waals surface area contributed by atoms with Crippen LogP contribution in [0.2, 0.25) is 0 Å². The topological polar surface area (TPSA) is 9.23 Å². The number of ether oxygens (including phenoxy) is 1. The van der Waals surface area contributed by atoms with E-state index in [1.165, 1.54) is 0 Å². The molecule has 0 aromatic carbocycles. The molecule has 0 aliphatic rings. The fraction of sp³-hybridized carbons (Fsp3) is 0.667. The Hall–Kier alpha value is 0.430. The second-order valence-corrected chi connectivity index (χ2v) is 2.69. The lowest BCUT2D eigenvalue weighted by atomic mass is 10.5. The molecule has 0 saturated carbocycles. The van der Waals surface area contributed by atoms with Crippen LogP contribution in [0.4, 0.5) is 0 Å². The largest absolute Gasteiger partial charge is 0.364 e. The second-order valence-electron chi connectivity index (χ2n) is 1.46. The first-order valence-electron chi connectivity index (χ1n) is 2.69. The highest BCUT2D eigenvalue weighted by atomic mass is 127. The van der Waals surface area contributed by atoms with Crippen LogP contribution >= 0.6 is 22.6 Å². The zero-order chi connectivity index (χ0) is 6.41. The Kier molecular flexibility index (Phi) is 5.86. The molecule has 0 amide bonds. The van der Waals surface area contributed by atoms with Gasteiger partial charge in [0.1, 0.15) is 4.11 Å². The van der Waals surface area contributed by atoms with E-state index in [-0.39, 0.29) is 4.11 Å². The van der Waals surface area contributed by atoms with Crippen molar-refractivity contribution >= 4 is 22.6 Å². The molecule has 0 radical (unpaired) electrons. The van der Waals surface area contributed by atoms with Gasteiger partial charge in [-0.15, -0.1) is 0 Å². The van der Waals surface area contributed by atoms with Gasteiger partial charge in [-0.2, -0.15) is 0 Å². The predicted molar refractivity (Wildman–Crippen MR) is 44.2 cm³/mol. The second kappa shape index (κ2) is 5.56. The number of hydrogen-bond donors (Lipinski definition) is 0. The summed E-state index contributed by atoms with van der Waals surface area (Å²) in [5.41, 5.74) is 0. The molecule has 2 heteroatoms. The lowest BCUT2D eigenvalue weighted by molar-refractivity contribution is 0.151. The van der Waals surface area contributed by atoms with Gasteiger partial charge in [0.2, 0.25) is 0 Å². The van der Waals surface area contributed by atoms with E-state index in [1.54, 1.807) is 6.08 Å². The molecular formula is C6H11IO. The summed E-state index contributed by atoms with van der Waals surface area (Å²) in [6, 6.07) is 0. The van der Waals surface area contributed by atoms with E-state index in [9.17, 15) is 0 Å². The number of halogens is 1. The third kappa shape index (κ3) is 4.59. The van der Waals surface area contributed by atoms with Crippen LogP contribution in [0, 0.1) is 0 Å². The van der Waals surface area contributed by atoms with Crippen molar-refractivity contribution in [2.24, 2.45) is 0 Å². The molecule has 0 aliphatic carbocycles. The average Bonchev–Trinajstić information content (AvgIpc) is 1.83. The minimum absolute atomic E-state index is 0.188. The minimum atomic E-state index is 0.188. The van der Waals surface area contributed by atoms with Crippen LogP contribution in [0.15, 0.2) is 12.7 Å². The average molecular weight is 226 g/mol. The van der Waals surface area contributed by atoms with Crippen molar-refractivity contribution in [3.8, 4) is 0 Å². The summed E-state index contributed by atoms with van der Waals surface area (Å²) in [6.07, 6.45) is 2.86. The van der Waals surface area contributed by atoms with Crippen LogP contribution in [-0.2, 0) is 4.74 Å². The molecule has 1 unspecified atom stereocenters. The molecule has 0 saturated heterocycles. The van der Waals surface area contributed by atoms with Gasteiger partial charge in [0, 0.05) is 6.61 Å². The lowest BCUT2D eigenvalue weighted by Crippen LogP contribution is -1.99. The SMILES string of the molecule is C=CC(I)OCCC. The van der Waals surface area contributed by atoms with E-state index in [4.69, 9.17) is 4.74 Å². The van der Waals surface area contributed by atoms with Crippen molar-refractivity contribution in [1.82, 2.24) is 0 Å². The van der Waals surface area contributed by atoms with Crippen molar-refractivity contribution in [2.75, 3.05) is 6.61 Å². The van der Waals surface area contributed by atoms with Crippen molar-refractivity contribution in [1.29, 1.82) is 0 Å². The molecule has 1 nitrogen and oxygen atoms in total. The molecule has 0 spiro atoms. The Morgan fingerprint density at radius 3 is 2.88 bits per heavy atom. The van der Waals surface area contributed by atoms with Crippen LogP contribution in [0.25, 0.3) is 0 Å². The van der Waals surface area contributed by atoms with Gasteiger partial charge in [-0.05, 0) is 29.0 Å². The fourth-order valence-electron chi connectivity index (χ4n) is 0.298. The third-order valence-electron chi connectivity index (χ3n) is 0.667. The summed E-state index contributed by atoms with van der Waals surface area (Å²) >= 11 is 2.19. The normalized spacial score (nSPS) is 13.2. The number of hydrogen-bond acceptors (Lipinski definition) is 1. The summed E-state index contributed by atoms with van der Waals surface area (Å²) in [4.78, 5) is 0. The van der Waals surface area contributed by atoms with E-state index < -0.39 is 0 Å². The van der Waals surface area contributed by atoms with Crippen LogP contribution in [0.5, 0.6) is 0 Å². The number of rotatable bonds is 4. The highest BCUT2D eigenvalue weighted by Gasteiger charge is 1.92. The van der Waals surface area contributed by atoms with E-state index in [1.807, 2.05) is 0 Å². The van der Waals surface area contributed by atoms with Gasteiger partial charge in [-0.1, -0.05) is 19.6 Å². The molecule has 0 N–H and O–H groups in total. The summed E-state index contributed by atoms with van der Waals surface area (Å²) in [6.45, 7) is 6.50. The zero-order valence-electron chi connectivity index (χ0n) is 5.06. The van der Waals surface area contributed by atoms with E-state index in [0.29, 0.717) is 0 Å². The van der Waals surface area contributed by atoms with Crippen molar-refractivity contribution < 1.29 is 4.74 Å². The van der Waals surface area contributed by atoms with Crippen molar-refractivity contribution in [3.05, 3.63) is 12.7 Å². The van der Waals surface area contributed by atoms with Gasteiger partial charge in [0.15, 0.2) is 0 Å². The summed E-state index contributed by atoms with van der Waals surface area (Å²) in [5, 5.41) is 0. The monoisotopic (exact) mass is 226 g/mol. The van der Waals surface area contributed by atoms with Gasteiger partial charge >= 0.3 is 0 Å². The molecule has 0 aromatic heterocycles. The first kappa shape index (κ1) is 8.43. The molecule has 0 fully saturated rings. The zero-order valence-corrected chi connectivity index (χ0v) is 7.22. The highest BCUT2D eigenvalue weighted by molar-refractivity contribution is 14.1. The predicted octanol–water partition coefficient (Wildman–Crippen LogP) is 2.36. The molecule has 0 bridgehead atoms. The Morgan fingerprint density at radius 2 is 2.50 bits per heavy atom. The maximum Gasteiger partial charge on any atom is 0.126 e. The van der Waals surface area contributed by atoms with Crippen LogP contribution in [0.1, 0.15) is 13.3 Å². The summed E-state index contributed by atoms with van der Waals surface area (Å²) in [7, 11) is 0. The quantitative estimate of drug-likeness (QED) is 0.406. The Bertz CT molecular complexity index is 63.5. The molecule has 0 aliphatic heterocycles. The Labute approximate surface area is 64.2 Å². The molecule has 48 valence electrons. The number of alkyl halides is 1. The Morgan fingerprint density at radius 1 is 1.88 bits per heavy atom. The third-order valence-corrected chi connectivity index (χ3v) is 1.53. The maximum absolute atomic E-state index is 5.21. The van der Waals surface area contributed by atoms with Crippen LogP contribution in [-0.4, -0.2) is 10.7 Å². The summed E-state index contributed by atoms with van der Waals surface area (Å²) in [5.74, 6) is 0. The lowest BCUT2D eigenvalue weighted by Gasteiger charge is -2.02. The standard InChI is InChI=1S/C6H11IO/c1-3-5-8-6(7)4-2/h4,6H,2-3,5H2,1H3. The molecule has 0 rings (SSSR count). The molecule has 8 heavy (non-hydrogen) atoms. The van der Waals surface area contributed by atoms with Crippen LogP contribution in [0.3, 0.4) is 0 Å². The van der Waals surface area contributed by atoms with E-state index >= 15 is 0 Å². The van der Waals surface area contributed by atoms with E-state index in [2.05, 4.69) is 36.1 Å². The fourth-order valence-corrected chi connectivity index (χ4v) is 0.553. The van der Waals surface area contributed by atoms with Gasteiger partial charge in [0.25, 0.3) is 0 Å². The molecular weight excluding hydrogens is 215 g/mol. The Balaban J connectivity index is 2.98. The van der Waals surface area contributed by atoms with Gasteiger partial charge in [-0.3, -0.25) is 0 Å². The van der Waals surface area contributed by atoms with Crippen LogP contribution < -0.4 is 0 Å². The molecule has 0 aromatic rings. The van der Waals surface area contributed by atoms with Gasteiger partial charge in [-0.25, -0.2) is 0 Å². The first-order chi connectivity index (χ1) is 3.81. The first-order valence-corrected chi connectivity index (χ1v) is 3.94. The van der Waals surface area contributed by atoms with Crippen molar-refractivity contribution in [2.45, 2.75) is 17.5 Å². The molecule has 1 atom stereocenters. The maximum atomic E-state index is 5.21. The smallest absolute Gasteiger partial charge is 0.126 e. The van der Waals surface area contributed by atoms with Crippen molar-refractivity contribution in [3.63, 3.8) is 0 Å².